The molecule has 0 unspecified atom stereocenters. The zero-order chi connectivity index (χ0) is 26.0. The first kappa shape index (κ1) is 24.4. The Hall–Kier alpha value is -4.72. The third-order valence-electron chi connectivity index (χ3n) is 6.04. The number of anilines is 1. The molecule has 0 radical (unpaired) electrons. The predicted octanol–water partition coefficient (Wildman–Crippen LogP) is 3.31. The monoisotopic (exact) mass is 487 g/mol. The predicted molar refractivity (Wildman–Crippen MR) is 130 cm³/mol. The van der Waals surface area contributed by atoms with Crippen molar-refractivity contribution in [3.05, 3.63) is 87.7 Å². The van der Waals surface area contributed by atoms with Gasteiger partial charge in [0, 0.05) is 31.1 Å². The number of amides is 1. The smallest absolute Gasteiger partial charge is 0.296 e. The normalized spacial score (nSPS) is 12.8. The summed E-state index contributed by atoms with van der Waals surface area (Å²) < 4.78 is 7.73. The lowest BCUT2D eigenvalue weighted by Crippen LogP contribution is -2.29. The highest BCUT2D eigenvalue weighted by molar-refractivity contribution is 6.04. The molecule has 3 aromatic heterocycles. The number of nitrogens with one attached hydrogen (secondary N) is 1. The minimum absolute atomic E-state index is 0.116. The van der Waals surface area contributed by atoms with E-state index in [0.717, 1.165) is 11.1 Å². The van der Waals surface area contributed by atoms with Gasteiger partial charge in [0.25, 0.3) is 11.5 Å². The zero-order valence-corrected chi connectivity index (χ0v) is 20.2. The summed E-state index contributed by atoms with van der Waals surface area (Å²) in [6.07, 6.45) is 6.12. The Morgan fingerprint density at radius 2 is 1.97 bits per heavy atom. The van der Waals surface area contributed by atoms with Gasteiger partial charge < -0.3 is 14.9 Å². The van der Waals surface area contributed by atoms with Gasteiger partial charge in [-0.15, -0.1) is 0 Å². The highest BCUT2D eigenvalue weighted by atomic mass is 16.5. The lowest BCUT2D eigenvalue weighted by atomic mass is 9.80. The molecule has 36 heavy (non-hydrogen) atoms. The minimum atomic E-state index is -0.788. The van der Waals surface area contributed by atoms with E-state index in [0.29, 0.717) is 5.56 Å². The van der Waals surface area contributed by atoms with Crippen LogP contribution in [0.15, 0.2) is 58.4 Å². The highest BCUT2D eigenvalue weighted by Crippen LogP contribution is 2.39. The van der Waals surface area contributed by atoms with Crippen LogP contribution in [0.25, 0.3) is 0 Å². The van der Waals surface area contributed by atoms with Crippen LogP contribution < -0.4 is 10.9 Å². The van der Waals surface area contributed by atoms with Crippen molar-refractivity contribution in [1.29, 1.82) is 5.26 Å². The summed E-state index contributed by atoms with van der Waals surface area (Å²) in [7, 11) is 1.48. The summed E-state index contributed by atoms with van der Waals surface area (Å²) in [5, 5.41) is 30.7. The number of aromatic nitrogens is 5. The van der Waals surface area contributed by atoms with Gasteiger partial charge in [-0.2, -0.15) is 10.4 Å². The van der Waals surface area contributed by atoms with Crippen molar-refractivity contribution in [2.75, 3.05) is 5.32 Å². The molecule has 11 heteroatoms. The van der Waals surface area contributed by atoms with E-state index in [1.807, 2.05) is 43.8 Å². The summed E-state index contributed by atoms with van der Waals surface area (Å²) in [6, 6.07) is 9.55. The van der Waals surface area contributed by atoms with Crippen molar-refractivity contribution < 1.29 is 14.4 Å². The van der Waals surface area contributed by atoms with E-state index in [4.69, 9.17) is 4.52 Å². The van der Waals surface area contributed by atoms with Gasteiger partial charge in [0.15, 0.2) is 5.69 Å². The second-order valence-corrected chi connectivity index (χ2v) is 8.71. The molecule has 2 N–H and O–H groups in total. The van der Waals surface area contributed by atoms with Crippen LogP contribution in [0.3, 0.4) is 0 Å². The maximum absolute atomic E-state index is 12.9. The van der Waals surface area contributed by atoms with Gasteiger partial charge in [-0.25, -0.2) is 4.98 Å². The van der Waals surface area contributed by atoms with Gasteiger partial charge in [-0.05, 0) is 31.0 Å². The zero-order valence-electron chi connectivity index (χ0n) is 20.2. The van der Waals surface area contributed by atoms with Crippen LogP contribution in [-0.4, -0.2) is 35.5 Å². The largest absolute Gasteiger partial charge is 0.501 e. The molecule has 0 spiro atoms. The highest BCUT2D eigenvalue weighted by Gasteiger charge is 2.31. The van der Waals surface area contributed by atoms with Crippen molar-refractivity contribution in [3.63, 3.8) is 0 Å². The molecular weight excluding hydrogens is 462 g/mol. The minimum Gasteiger partial charge on any atom is -0.501 e. The van der Waals surface area contributed by atoms with E-state index < -0.39 is 34.7 Å². The van der Waals surface area contributed by atoms with Gasteiger partial charge in [-0.1, -0.05) is 30.3 Å². The van der Waals surface area contributed by atoms with Crippen LogP contribution in [-0.2, 0) is 7.05 Å². The third-order valence-corrected chi connectivity index (χ3v) is 6.04. The van der Waals surface area contributed by atoms with E-state index in [1.165, 1.54) is 24.1 Å². The summed E-state index contributed by atoms with van der Waals surface area (Å²) in [5.41, 5.74) is 1.07. The fourth-order valence-electron chi connectivity index (χ4n) is 4.18. The number of carbonyl (C=O) groups excluding carboxylic acids is 1. The molecule has 1 aromatic carbocycles. The molecule has 0 bridgehead atoms. The Labute approximate surface area is 206 Å². The first-order valence-electron chi connectivity index (χ1n) is 11.3. The second kappa shape index (κ2) is 9.87. The number of aromatic hydroxyl groups is 1. The maximum Gasteiger partial charge on any atom is 0.296 e. The van der Waals surface area contributed by atoms with Gasteiger partial charge in [0.05, 0.1) is 24.0 Å². The molecule has 11 nitrogen and oxygen atoms in total. The topological polar surface area (TPSA) is 152 Å². The molecular formula is C25H25N7O4. The average Bonchev–Trinajstić information content (AvgIpc) is 3.56. The third kappa shape index (κ3) is 4.48. The summed E-state index contributed by atoms with van der Waals surface area (Å²) in [6.45, 7) is 5.86. The van der Waals surface area contributed by atoms with E-state index in [1.54, 1.807) is 18.3 Å². The van der Waals surface area contributed by atoms with Gasteiger partial charge in [0.2, 0.25) is 5.75 Å². The van der Waals surface area contributed by atoms with Crippen LogP contribution in [0, 0.1) is 11.3 Å². The Bertz CT molecular complexity index is 1500. The van der Waals surface area contributed by atoms with Gasteiger partial charge in [0.1, 0.15) is 17.8 Å². The van der Waals surface area contributed by atoms with E-state index in [9.17, 15) is 20.0 Å². The van der Waals surface area contributed by atoms with Crippen LogP contribution in [0.4, 0.5) is 5.69 Å². The maximum atomic E-state index is 12.9. The van der Waals surface area contributed by atoms with Crippen molar-refractivity contribution in [1.82, 2.24) is 24.5 Å². The first-order chi connectivity index (χ1) is 17.2. The lowest BCUT2D eigenvalue weighted by molar-refractivity contribution is 0.101. The van der Waals surface area contributed by atoms with Gasteiger partial charge in [-0.3, -0.25) is 18.8 Å². The van der Waals surface area contributed by atoms with E-state index >= 15 is 0 Å². The molecule has 4 rings (SSSR count). The number of hydrogen-bond acceptors (Lipinski definition) is 8. The Balaban J connectivity index is 1.86. The van der Waals surface area contributed by atoms with Crippen molar-refractivity contribution in [2.24, 2.45) is 7.05 Å². The van der Waals surface area contributed by atoms with E-state index in [-0.39, 0.29) is 17.6 Å². The quantitative estimate of drug-likeness (QED) is 0.403. The molecule has 184 valence electrons. The second-order valence-electron chi connectivity index (χ2n) is 8.71. The molecule has 1 amide bonds. The number of carbonyl (C=O) groups is 1. The summed E-state index contributed by atoms with van der Waals surface area (Å²) >= 11 is 0. The molecule has 4 aromatic rings. The number of nitrogens with zero attached hydrogens (tertiary/aromatic N) is 6. The SMILES string of the molecule is CC(C)n1cc([C@H](c2ccccc2C#N)[C@H](C)c2nc(C(=O)Nc3cnoc3)c(O)c(=O)n2C)cn1. The van der Waals surface area contributed by atoms with Crippen LogP contribution >= 0.6 is 0 Å². The molecule has 3 heterocycles. The fraction of sp³-hybridized carbons (Fsp3) is 0.280. The molecule has 0 aliphatic heterocycles. The first-order valence-corrected chi connectivity index (χ1v) is 11.3. The molecule has 0 aliphatic carbocycles. The van der Waals surface area contributed by atoms with Crippen molar-refractivity contribution in [2.45, 2.75) is 38.6 Å². The fourth-order valence-corrected chi connectivity index (χ4v) is 4.18. The average molecular weight is 488 g/mol. The number of nitriles is 1. The number of hydrogen-bond donors (Lipinski definition) is 2. The number of benzene rings is 1. The van der Waals surface area contributed by atoms with Crippen molar-refractivity contribution >= 4 is 11.6 Å². The molecule has 0 saturated heterocycles. The standard InChI is InChI=1S/C25H25N7O4/c1-14(2)32-12-17(10-27-32)20(19-8-6-5-7-16(19)9-26)15(3)23-30-21(22(33)25(35)31(23)4)24(34)29-18-11-28-36-13-18/h5-8,10-15,20,33H,1-4H3,(H,29,34)/t15-,20+/m0/s1. The molecule has 0 aliphatic rings. The molecule has 0 saturated carbocycles. The van der Waals surface area contributed by atoms with Crippen LogP contribution in [0.1, 0.15) is 71.7 Å². The van der Waals surface area contributed by atoms with Crippen molar-refractivity contribution in [3.8, 4) is 11.8 Å². The lowest BCUT2D eigenvalue weighted by Gasteiger charge is -2.26. The summed E-state index contributed by atoms with van der Waals surface area (Å²) in [4.78, 5) is 30.2. The number of rotatable bonds is 7. The molecule has 2 atom stereocenters. The Morgan fingerprint density at radius 1 is 1.22 bits per heavy atom. The Kier molecular flexibility index (Phi) is 6.69. The van der Waals surface area contributed by atoms with Crippen LogP contribution in [0.2, 0.25) is 0 Å². The molecule has 0 fully saturated rings. The Morgan fingerprint density at radius 3 is 2.61 bits per heavy atom. The van der Waals surface area contributed by atoms with Crippen LogP contribution in [0.5, 0.6) is 5.75 Å². The van der Waals surface area contributed by atoms with E-state index in [2.05, 4.69) is 26.6 Å². The summed E-state index contributed by atoms with van der Waals surface area (Å²) in [5.74, 6) is -2.23. The van der Waals surface area contributed by atoms with Gasteiger partial charge >= 0.3 is 0 Å².